The van der Waals surface area contributed by atoms with Crippen molar-refractivity contribution in [2.45, 2.75) is 26.2 Å². The van der Waals surface area contributed by atoms with E-state index in [1.165, 1.54) is 0 Å². The van der Waals surface area contributed by atoms with Crippen molar-refractivity contribution in [3.8, 4) is 5.75 Å². The Morgan fingerprint density at radius 2 is 2.00 bits per heavy atom. The van der Waals surface area contributed by atoms with E-state index < -0.39 is 0 Å². The lowest BCUT2D eigenvalue weighted by Crippen LogP contribution is -2.15. The number of carbonyl (C=O) groups is 1. The Morgan fingerprint density at radius 3 is 2.68 bits per heavy atom. The fraction of sp³-hybridized carbons (Fsp3) is 0.278. The summed E-state index contributed by atoms with van der Waals surface area (Å²) in [5.41, 5.74) is 2.51. The zero-order valence-corrected chi connectivity index (χ0v) is 14.6. The van der Waals surface area contributed by atoms with E-state index in [0.717, 1.165) is 22.1 Å². The maximum absolute atomic E-state index is 12.6. The van der Waals surface area contributed by atoms with Gasteiger partial charge in [-0.05, 0) is 42.2 Å². The van der Waals surface area contributed by atoms with E-state index in [4.69, 9.17) is 4.74 Å². The summed E-state index contributed by atoms with van der Waals surface area (Å²) in [4.78, 5) is 12.6. The molecular formula is C18H20BrNO2. The number of methoxy groups -OCH3 is 1. The topological polar surface area (TPSA) is 38.3 Å². The van der Waals surface area contributed by atoms with Crippen LogP contribution >= 0.6 is 15.9 Å². The number of amides is 1. The minimum atomic E-state index is -0.172. The second-order valence-corrected chi connectivity index (χ2v) is 6.11. The molecule has 0 unspecified atom stereocenters. The molecule has 0 aliphatic heterocycles. The Balaban J connectivity index is 2.32. The summed E-state index contributed by atoms with van der Waals surface area (Å²) < 4.78 is 6.12. The van der Waals surface area contributed by atoms with Crippen LogP contribution in [0.25, 0.3) is 0 Å². The van der Waals surface area contributed by atoms with Gasteiger partial charge in [0.05, 0.1) is 12.7 Å². The minimum Gasteiger partial charge on any atom is -0.496 e. The molecule has 0 aliphatic carbocycles. The molecule has 0 aromatic heterocycles. The Bertz CT molecular complexity index is 670. The van der Waals surface area contributed by atoms with Crippen molar-refractivity contribution < 1.29 is 9.53 Å². The van der Waals surface area contributed by atoms with Crippen molar-refractivity contribution in [2.75, 3.05) is 12.4 Å². The van der Waals surface area contributed by atoms with Gasteiger partial charge >= 0.3 is 0 Å². The molecule has 1 N–H and O–H groups in total. The Kier molecular flexibility index (Phi) is 5.61. The molecule has 0 saturated heterocycles. The van der Waals surface area contributed by atoms with Gasteiger partial charge in [-0.3, -0.25) is 4.79 Å². The predicted molar refractivity (Wildman–Crippen MR) is 93.8 cm³/mol. The molecule has 0 heterocycles. The van der Waals surface area contributed by atoms with Gasteiger partial charge < -0.3 is 10.1 Å². The lowest BCUT2D eigenvalue weighted by molar-refractivity contribution is 0.102. The van der Waals surface area contributed by atoms with Crippen LogP contribution in [0.5, 0.6) is 5.75 Å². The van der Waals surface area contributed by atoms with Crippen LogP contribution in [0.4, 0.5) is 5.69 Å². The van der Waals surface area contributed by atoms with E-state index in [2.05, 4.69) is 41.2 Å². The monoisotopic (exact) mass is 361 g/mol. The van der Waals surface area contributed by atoms with E-state index in [9.17, 15) is 4.79 Å². The standard InChI is InChI=1S/C18H20BrNO2/c1-4-12(2)14-7-5-6-8-16(14)20-18(21)15-11-13(19)9-10-17(15)22-3/h5-12H,4H2,1-3H3,(H,20,21)/t12-/m1/s1. The number of hydrogen-bond acceptors (Lipinski definition) is 2. The number of para-hydroxylation sites is 1. The number of halogens is 1. The Labute approximate surface area is 139 Å². The normalized spacial score (nSPS) is 11.8. The van der Waals surface area contributed by atoms with Crippen LogP contribution in [-0.4, -0.2) is 13.0 Å². The van der Waals surface area contributed by atoms with Crippen LogP contribution in [0.3, 0.4) is 0 Å². The average Bonchev–Trinajstić information content (AvgIpc) is 2.54. The summed E-state index contributed by atoms with van der Waals surface area (Å²) in [6, 6.07) is 13.3. The van der Waals surface area contributed by atoms with Crippen molar-refractivity contribution in [2.24, 2.45) is 0 Å². The number of ether oxygens (including phenoxy) is 1. The zero-order valence-electron chi connectivity index (χ0n) is 13.0. The summed E-state index contributed by atoms with van der Waals surface area (Å²) in [5, 5.41) is 3.00. The van der Waals surface area contributed by atoms with Crippen LogP contribution < -0.4 is 10.1 Å². The first-order chi connectivity index (χ1) is 10.6. The molecule has 0 aliphatic rings. The van der Waals surface area contributed by atoms with Gasteiger partial charge in [0.2, 0.25) is 0 Å². The van der Waals surface area contributed by atoms with Gasteiger partial charge in [0.1, 0.15) is 5.75 Å². The molecule has 22 heavy (non-hydrogen) atoms. The average molecular weight is 362 g/mol. The molecule has 0 fully saturated rings. The summed E-state index contributed by atoms with van der Waals surface area (Å²) in [5.74, 6) is 0.775. The van der Waals surface area contributed by atoms with Gasteiger partial charge in [0, 0.05) is 10.2 Å². The molecule has 0 bridgehead atoms. The molecule has 2 aromatic carbocycles. The molecule has 2 aromatic rings. The van der Waals surface area contributed by atoms with Gasteiger partial charge in [-0.15, -0.1) is 0 Å². The van der Waals surface area contributed by atoms with Crippen LogP contribution in [0, 0.1) is 0 Å². The smallest absolute Gasteiger partial charge is 0.259 e. The first-order valence-electron chi connectivity index (χ1n) is 7.30. The van der Waals surface area contributed by atoms with Crippen molar-refractivity contribution in [1.29, 1.82) is 0 Å². The molecule has 2 rings (SSSR count). The maximum Gasteiger partial charge on any atom is 0.259 e. The highest BCUT2D eigenvalue weighted by atomic mass is 79.9. The Hall–Kier alpha value is -1.81. The first kappa shape index (κ1) is 16.6. The highest BCUT2D eigenvalue weighted by Gasteiger charge is 2.16. The van der Waals surface area contributed by atoms with Crippen molar-refractivity contribution in [3.05, 3.63) is 58.1 Å². The fourth-order valence-electron chi connectivity index (χ4n) is 2.31. The third kappa shape index (κ3) is 3.69. The number of rotatable bonds is 5. The quantitative estimate of drug-likeness (QED) is 0.792. The van der Waals surface area contributed by atoms with E-state index in [-0.39, 0.29) is 5.91 Å². The summed E-state index contributed by atoms with van der Waals surface area (Å²) in [6.45, 7) is 4.30. The van der Waals surface area contributed by atoms with E-state index in [0.29, 0.717) is 17.2 Å². The highest BCUT2D eigenvalue weighted by Crippen LogP contribution is 2.28. The lowest BCUT2D eigenvalue weighted by atomic mass is 9.96. The van der Waals surface area contributed by atoms with Crippen molar-refractivity contribution >= 4 is 27.5 Å². The van der Waals surface area contributed by atoms with Gasteiger partial charge in [0.25, 0.3) is 5.91 Å². The highest BCUT2D eigenvalue weighted by molar-refractivity contribution is 9.10. The third-order valence-electron chi connectivity index (χ3n) is 3.76. The lowest BCUT2D eigenvalue weighted by Gasteiger charge is -2.16. The van der Waals surface area contributed by atoms with Crippen LogP contribution in [-0.2, 0) is 0 Å². The first-order valence-corrected chi connectivity index (χ1v) is 8.10. The molecule has 0 saturated carbocycles. The summed E-state index contributed by atoms with van der Waals surface area (Å²) >= 11 is 3.39. The molecule has 4 heteroatoms. The molecular weight excluding hydrogens is 342 g/mol. The fourth-order valence-corrected chi connectivity index (χ4v) is 2.67. The van der Waals surface area contributed by atoms with Crippen molar-refractivity contribution in [3.63, 3.8) is 0 Å². The SMILES string of the molecule is CC[C@@H](C)c1ccccc1NC(=O)c1cc(Br)ccc1OC. The molecule has 0 radical (unpaired) electrons. The maximum atomic E-state index is 12.6. The number of carbonyl (C=O) groups excluding carboxylic acids is 1. The number of benzene rings is 2. The van der Waals surface area contributed by atoms with Crippen molar-refractivity contribution in [1.82, 2.24) is 0 Å². The van der Waals surface area contributed by atoms with Gasteiger partial charge in [-0.25, -0.2) is 0 Å². The van der Waals surface area contributed by atoms with Crippen LogP contribution in [0.15, 0.2) is 46.9 Å². The largest absolute Gasteiger partial charge is 0.496 e. The van der Waals surface area contributed by atoms with E-state index >= 15 is 0 Å². The molecule has 1 amide bonds. The second-order valence-electron chi connectivity index (χ2n) is 5.20. The number of hydrogen-bond donors (Lipinski definition) is 1. The molecule has 116 valence electrons. The predicted octanol–water partition coefficient (Wildman–Crippen LogP) is 5.22. The molecule has 0 spiro atoms. The number of anilines is 1. The van der Waals surface area contributed by atoms with Gasteiger partial charge in [-0.2, -0.15) is 0 Å². The molecule has 3 nitrogen and oxygen atoms in total. The second kappa shape index (κ2) is 7.45. The number of nitrogens with one attached hydrogen (secondary N) is 1. The molecule has 1 atom stereocenters. The van der Waals surface area contributed by atoms with Gasteiger partial charge in [0.15, 0.2) is 0 Å². The van der Waals surface area contributed by atoms with Gasteiger partial charge in [-0.1, -0.05) is 48.0 Å². The van der Waals surface area contributed by atoms with Crippen LogP contribution in [0.2, 0.25) is 0 Å². The Morgan fingerprint density at radius 1 is 1.27 bits per heavy atom. The minimum absolute atomic E-state index is 0.172. The van der Waals surface area contributed by atoms with E-state index in [1.807, 2.05) is 24.3 Å². The summed E-state index contributed by atoms with van der Waals surface area (Å²) in [6.07, 6.45) is 1.02. The zero-order chi connectivity index (χ0) is 16.1. The summed E-state index contributed by atoms with van der Waals surface area (Å²) in [7, 11) is 1.56. The van der Waals surface area contributed by atoms with E-state index in [1.54, 1.807) is 19.2 Å². The third-order valence-corrected chi connectivity index (χ3v) is 4.25. The van der Waals surface area contributed by atoms with Crippen LogP contribution in [0.1, 0.15) is 42.1 Å².